The second kappa shape index (κ2) is 5.26. The second-order valence-corrected chi connectivity index (χ2v) is 3.92. The van der Waals surface area contributed by atoms with Gasteiger partial charge in [0.05, 0.1) is 16.8 Å². The quantitative estimate of drug-likeness (QED) is 0.676. The number of aryl methyl sites for hydroxylation is 1. The van der Waals surface area contributed by atoms with Crippen molar-refractivity contribution >= 4 is 17.3 Å². The van der Waals surface area contributed by atoms with Gasteiger partial charge in [0.1, 0.15) is 5.56 Å². The summed E-state index contributed by atoms with van der Waals surface area (Å²) in [4.78, 5) is 26.2. The Morgan fingerprint density at radius 1 is 1.32 bits per heavy atom. The van der Waals surface area contributed by atoms with Gasteiger partial charge in [-0.15, -0.1) is 0 Å². The van der Waals surface area contributed by atoms with E-state index in [0.717, 1.165) is 5.56 Å². The Morgan fingerprint density at radius 2 is 2.05 bits per heavy atom. The van der Waals surface area contributed by atoms with Crippen LogP contribution in [-0.4, -0.2) is 15.8 Å². The van der Waals surface area contributed by atoms with E-state index in [0.29, 0.717) is 5.69 Å². The number of hydrogen-bond acceptors (Lipinski definition) is 4. The van der Waals surface area contributed by atoms with Gasteiger partial charge in [-0.05, 0) is 24.6 Å². The summed E-state index contributed by atoms with van der Waals surface area (Å²) >= 11 is 0. The number of nitrogens with zero attached hydrogens (tertiary/aromatic N) is 2. The van der Waals surface area contributed by atoms with E-state index >= 15 is 0 Å². The van der Waals surface area contributed by atoms with Crippen molar-refractivity contribution in [2.75, 3.05) is 5.32 Å². The summed E-state index contributed by atoms with van der Waals surface area (Å²) in [6, 6.07) is 7.56. The number of para-hydroxylation sites is 1. The molecule has 0 bridgehead atoms. The molecule has 1 amide bonds. The highest BCUT2D eigenvalue weighted by Gasteiger charge is 2.19. The van der Waals surface area contributed by atoms with E-state index in [1.807, 2.05) is 6.92 Å². The summed E-state index contributed by atoms with van der Waals surface area (Å²) in [5.41, 5.74) is 1.17. The first-order valence-corrected chi connectivity index (χ1v) is 5.55. The van der Waals surface area contributed by atoms with Crippen LogP contribution >= 0.6 is 0 Å². The van der Waals surface area contributed by atoms with Crippen molar-refractivity contribution in [3.63, 3.8) is 0 Å². The van der Waals surface area contributed by atoms with Crippen LogP contribution in [0.25, 0.3) is 0 Å². The lowest BCUT2D eigenvalue weighted by Crippen LogP contribution is -2.14. The molecule has 19 heavy (non-hydrogen) atoms. The van der Waals surface area contributed by atoms with E-state index in [1.165, 1.54) is 24.4 Å². The van der Waals surface area contributed by atoms with Crippen molar-refractivity contribution in [2.45, 2.75) is 6.92 Å². The van der Waals surface area contributed by atoms with Gasteiger partial charge in [0.2, 0.25) is 0 Å². The number of aromatic nitrogens is 1. The Bertz CT molecular complexity index is 641. The fourth-order valence-corrected chi connectivity index (χ4v) is 1.61. The molecule has 0 aliphatic carbocycles. The molecule has 96 valence electrons. The number of pyridine rings is 1. The van der Waals surface area contributed by atoms with Gasteiger partial charge in [-0.2, -0.15) is 0 Å². The predicted octanol–water partition coefficient (Wildman–Crippen LogP) is 2.55. The molecule has 2 rings (SSSR count). The molecule has 0 fully saturated rings. The lowest BCUT2D eigenvalue weighted by molar-refractivity contribution is -0.385. The number of amides is 1. The molecule has 0 spiro atoms. The van der Waals surface area contributed by atoms with Gasteiger partial charge in [-0.3, -0.25) is 19.9 Å². The summed E-state index contributed by atoms with van der Waals surface area (Å²) in [6.07, 6.45) is 3.11. The summed E-state index contributed by atoms with van der Waals surface area (Å²) in [6.45, 7) is 1.82. The number of carbonyl (C=O) groups excluding carboxylic acids is 1. The molecule has 6 nitrogen and oxygen atoms in total. The highest BCUT2D eigenvalue weighted by molar-refractivity contribution is 6.07. The highest BCUT2D eigenvalue weighted by atomic mass is 16.6. The van der Waals surface area contributed by atoms with Gasteiger partial charge in [-0.25, -0.2) is 0 Å². The van der Waals surface area contributed by atoms with Crippen LogP contribution in [0.1, 0.15) is 15.9 Å². The molecule has 0 saturated carbocycles. The summed E-state index contributed by atoms with van der Waals surface area (Å²) in [5.74, 6) is -0.525. The number of hydrogen-bond donors (Lipinski definition) is 1. The second-order valence-electron chi connectivity index (χ2n) is 3.92. The third-order valence-corrected chi connectivity index (χ3v) is 2.63. The van der Waals surface area contributed by atoms with Crippen LogP contribution in [0.5, 0.6) is 0 Å². The maximum absolute atomic E-state index is 12.0. The largest absolute Gasteiger partial charge is 0.320 e. The zero-order valence-corrected chi connectivity index (χ0v) is 10.2. The zero-order valence-electron chi connectivity index (χ0n) is 10.2. The van der Waals surface area contributed by atoms with Crippen molar-refractivity contribution < 1.29 is 9.72 Å². The Morgan fingerprint density at radius 3 is 2.74 bits per heavy atom. The van der Waals surface area contributed by atoms with Gasteiger partial charge >= 0.3 is 0 Å². The van der Waals surface area contributed by atoms with Crippen LogP contribution in [0.4, 0.5) is 11.4 Å². The highest BCUT2D eigenvalue weighted by Crippen LogP contribution is 2.20. The average Bonchev–Trinajstić information content (AvgIpc) is 2.41. The first kappa shape index (κ1) is 12.7. The molecule has 1 N–H and O–H groups in total. The van der Waals surface area contributed by atoms with E-state index in [4.69, 9.17) is 0 Å². The number of carbonyl (C=O) groups is 1. The molecule has 1 heterocycles. The Labute approximate surface area is 109 Å². The van der Waals surface area contributed by atoms with Crippen molar-refractivity contribution in [1.29, 1.82) is 0 Å². The standard InChI is InChI=1S/C13H11N3O3/c1-9-6-7-14-8-11(9)15-13(17)10-4-2-3-5-12(10)16(18)19/h2-8H,1H3,(H,15,17). The Hall–Kier alpha value is -2.76. The van der Waals surface area contributed by atoms with Gasteiger partial charge in [-0.1, -0.05) is 12.1 Å². The van der Waals surface area contributed by atoms with Gasteiger partial charge in [0.25, 0.3) is 11.6 Å². The maximum atomic E-state index is 12.0. The van der Waals surface area contributed by atoms with E-state index in [1.54, 1.807) is 18.3 Å². The van der Waals surface area contributed by atoms with E-state index in [2.05, 4.69) is 10.3 Å². The molecule has 0 aliphatic heterocycles. The van der Waals surface area contributed by atoms with Gasteiger partial charge in [0.15, 0.2) is 0 Å². The lowest BCUT2D eigenvalue weighted by Gasteiger charge is -2.07. The fraction of sp³-hybridized carbons (Fsp3) is 0.0769. The molecule has 6 heteroatoms. The number of nitro groups is 1. The zero-order chi connectivity index (χ0) is 13.8. The topological polar surface area (TPSA) is 85.1 Å². The smallest absolute Gasteiger partial charge is 0.282 e. The van der Waals surface area contributed by atoms with Crippen LogP contribution in [0.3, 0.4) is 0 Å². The van der Waals surface area contributed by atoms with Crippen LogP contribution in [0.15, 0.2) is 42.7 Å². The molecule has 1 aromatic carbocycles. The van der Waals surface area contributed by atoms with Crippen LogP contribution in [-0.2, 0) is 0 Å². The van der Waals surface area contributed by atoms with Crippen LogP contribution in [0, 0.1) is 17.0 Å². The number of rotatable bonds is 3. The monoisotopic (exact) mass is 257 g/mol. The van der Waals surface area contributed by atoms with Crippen molar-refractivity contribution in [3.05, 3.63) is 64.0 Å². The predicted molar refractivity (Wildman–Crippen MR) is 70.0 cm³/mol. The minimum Gasteiger partial charge on any atom is -0.320 e. The molecule has 1 aromatic heterocycles. The molecule has 2 aromatic rings. The lowest BCUT2D eigenvalue weighted by atomic mass is 10.1. The number of anilines is 1. The summed E-state index contributed by atoms with van der Waals surface area (Å²) < 4.78 is 0. The van der Waals surface area contributed by atoms with Gasteiger partial charge < -0.3 is 5.32 Å². The number of nitro benzene ring substituents is 1. The fourth-order valence-electron chi connectivity index (χ4n) is 1.61. The minimum absolute atomic E-state index is 0.0238. The van der Waals surface area contributed by atoms with Crippen LogP contribution in [0.2, 0.25) is 0 Å². The van der Waals surface area contributed by atoms with Crippen molar-refractivity contribution in [1.82, 2.24) is 4.98 Å². The first-order chi connectivity index (χ1) is 9.09. The summed E-state index contributed by atoms with van der Waals surface area (Å²) in [5, 5.41) is 13.5. The molecule has 0 aliphatic rings. The molecule has 0 saturated heterocycles. The Kier molecular flexibility index (Phi) is 3.51. The van der Waals surface area contributed by atoms with Crippen molar-refractivity contribution in [3.8, 4) is 0 Å². The summed E-state index contributed by atoms with van der Waals surface area (Å²) in [7, 11) is 0. The van der Waals surface area contributed by atoms with E-state index < -0.39 is 10.8 Å². The normalized spacial score (nSPS) is 9.95. The number of benzene rings is 1. The van der Waals surface area contributed by atoms with E-state index in [-0.39, 0.29) is 11.3 Å². The van der Waals surface area contributed by atoms with Gasteiger partial charge in [0, 0.05) is 12.3 Å². The molecule has 0 unspecified atom stereocenters. The van der Waals surface area contributed by atoms with E-state index in [9.17, 15) is 14.9 Å². The first-order valence-electron chi connectivity index (χ1n) is 5.55. The molecular weight excluding hydrogens is 246 g/mol. The Balaban J connectivity index is 2.31. The number of nitrogens with one attached hydrogen (secondary N) is 1. The molecule has 0 radical (unpaired) electrons. The molecule has 0 atom stereocenters. The SMILES string of the molecule is Cc1ccncc1NC(=O)c1ccccc1[N+](=O)[O-]. The maximum Gasteiger partial charge on any atom is 0.282 e. The minimum atomic E-state index is -0.578. The van der Waals surface area contributed by atoms with Crippen LogP contribution < -0.4 is 5.32 Å². The third kappa shape index (κ3) is 2.74. The molecular formula is C13H11N3O3. The third-order valence-electron chi connectivity index (χ3n) is 2.63. The average molecular weight is 257 g/mol. The van der Waals surface area contributed by atoms with Crippen molar-refractivity contribution in [2.24, 2.45) is 0 Å².